The van der Waals surface area contributed by atoms with Crippen LogP contribution in [0.5, 0.6) is 0 Å². The summed E-state index contributed by atoms with van der Waals surface area (Å²) in [6, 6.07) is 0. The third-order valence-electron chi connectivity index (χ3n) is 11.5. The first kappa shape index (κ1) is 19.6. The van der Waals surface area contributed by atoms with Crippen molar-refractivity contribution in [3.05, 3.63) is 0 Å². The van der Waals surface area contributed by atoms with Crippen molar-refractivity contribution in [2.45, 2.75) is 105 Å². The number of ketones is 1. The van der Waals surface area contributed by atoms with Crippen molar-refractivity contribution >= 4 is 5.78 Å². The minimum atomic E-state index is 0.157. The van der Waals surface area contributed by atoms with Crippen molar-refractivity contribution in [3.8, 4) is 0 Å². The Kier molecular flexibility index (Phi) is 4.44. The minimum absolute atomic E-state index is 0.157. The van der Waals surface area contributed by atoms with E-state index in [4.69, 9.17) is 0 Å². The van der Waals surface area contributed by atoms with E-state index in [0.717, 1.165) is 41.9 Å². The van der Waals surface area contributed by atoms with Crippen molar-refractivity contribution in [1.82, 2.24) is 0 Å². The molecule has 5 rings (SSSR count). The molecule has 0 bridgehead atoms. The van der Waals surface area contributed by atoms with Gasteiger partial charge in [0.25, 0.3) is 0 Å². The van der Waals surface area contributed by atoms with Crippen LogP contribution in [0.4, 0.5) is 0 Å². The molecule has 0 heterocycles. The Bertz CT molecular complexity index is 651. The summed E-state index contributed by atoms with van der Waals surface area (Å²) < 4.78 is 0. The summed E-state index contributed by atoms with van der Waals surface area (Å²) in [6.07, 6.45) is 14.8. The summed E-state index contributed by atoms with van der Waals surface area (Å²) in [4.78, 5) is 13.4. The Morgan fingerprint density at radius 1 is 0.964 bits per heavy atom. The first-order chi connectivity index (χ1) is 13.2. The highest BCUT2D eigenvalue weighted by Gasteiger charge is 2.77. The number of carbonyl (C=O) groups excluding carboxylic acids is 1. The van der Waals surface area contributed by atoms with Crippen LogP contribution < -0.4 is 0 Å². The molecule has 9 atom stereocenters. The van der Waals surface area contributed by atoms with Gasteiger partial charge in [-0.1, -0.05) is 53.9 Å². The lowest BCUT2D eigenvalue weighted by Gasteiger charge is -2.58. The standard InChI is InChI=1S/C27H44O/c1-17(2)7-6-8-18(3)21-9-10-22-20-15-24(28)27-16-19(27)11-14-26(27,5)23(20)12-13-25(21,22)4/h17-23H,6-16H2,1-5H3/t18-,19+,20+,21+,22-,23-,25+,26+,27-/m0/s1. The molecule has 0 aromatic heterocycles. The predicted octanol–water partition coefficient (Wildman–Crippen LogP) is 7.29. The Labute approximate surface area is 173 Å². The van der Waals surface area contributed by atoms with E-state index in [1.807, 2.05) is 0 Å². The monoisotopic (exact) mass is 384 g/mol. The van der Waals surface area contributed by atoms with Crippen molar-refractivity contribution in [3.63, 3.8) is 0 Å². The van der Waals surface area contributed by atoms with Crippen molar-refractivity contribution < 1.29 is 4.79 Å². The molecule has 0 aliphatic heterocycles. The molecular formula is C27H44O. The van der Waals surface area contributed by atoms with Gasteiger partial charge in [0.2, 0.25) is 0 Å². The lowest BCUT2D eigenvalue weighted by molar-refractivity contribution is -0.151. The van der Waals surface area contributed by atoms with E-state index in [1.165, 1.54) is 64.2 Å². The Balaban J connectivity index is 1.35. The highest BCUT2D eigenvalue weighted by atomic mass is 16.1. The molecule has 0 radical (unpaired) electrons. The molecule has 5 aliphatic carbocycles. The average molecular weight is 385 g/mol. The maximum Gasteiger partial charge on any atom is 0.140 e. The summed E-state index contributed by atoms with van der Waals surface area (Å²) in [5, 5.41) is 0. The van der Waals surface area contributed by atoms with Crippen LogP contribution in [0, 0.1) is 57.7 Å². The molecule has 0 aromatic carbocycles. The molecule has 0 unspecified atom stereocenters. The zero-order valence-electron chi connectivity index (χ0n) is 19.2. The minimum Gasteiger partial charge on any atom is -0.299 e. The third-order valence-corrected chi connectivity index (χ3v) is 11.5. The van der Waals surface area contributed by atoms with E-state index in [1.54, 1.807) is 0 Å². The summed E-state index contributed by atoms with van der Waals surface area (Å²) in [7, 11) is 0. The number of Topliss-reactive ketones (excluding diaryl/α,β-unsaturated/α-hetero) is 1. The van der Waals surface area contributed by atoms with E-state index >= 15 is 0 Å². The molecule has 0 amide bonds. The Morgan fingerprint density at radius 2 is 1.75 bits per heavy atom. The fourth-order valence-electron chi connectivity index (χ4n) is 10.0. The van der Waals surface area contributed by atoms with Crippen LogP contribution in [0.1, 0.15) is 105 Å². The third kappa shape index (κ3) is 2.40. The fourth-order valence-corrected chi connectivity index (χ4v) is 10.0. The number of rotatable bonds is 5. The molecule has 1 heteroatoms. The molecule has 5 aliphatic rings. The van der Waals surface area contributed by atoms with E-state index in [9.17, 15) is 4.79 Å². The fraction of sp³-hybridized carbons (Fsp3) is 0.963. The topological polar surface area (TPSA) is 17.1 Å². The van der Waals surface area contributed by atoms with Crippen LogP contribution >= 0.6 is 0 Å². The van der Waals surface area contributed by atoms with Gasteiger partial charge in [-0.2, -0.15) is 0 Å². The number of hydrogen-bond acceptors (Lipinski definition) is 1. The molecular weight excluding hydrogens is 340 g/mol. The summed E-state index contributed by atoms with van der Waals surface area (Å²) in [5.74, 6) is 6.49. The highest BCUT2D eigenvalue weighted by Crippen LogP contribution is 2.80. The highest BCUT2D eigenvalue weighted by molar-refractivity contribution is 5.91. The van der Waals surface area contributed by atoms with Crippen LogP contribution in [-0.2, 0) is 4.79 Å². The molecule has 0 aromatic rings. The van der Waals surface area contributed by atoms with Crippen LogP contribution in [0.2, 0.25) is 0 Å². The van der Waals surface area contributed by atoms with E-state index in [-0.39, 0.29) is 5.41 Å². The first-order valence-corrected chi connectivity index (χ1v) is 12.8. The Morgan fingerprint density at radius 3 is 2.46 bits per heavy atom. The number of fused-ring (bicyclic) bond motifs is 4. The van der Waals surface area contributed by atoms with E-state index in [2.05, 4.69) is 34.6 Å². The quantitative estimate of drug-likeness (QED) is 0.486. The van der Waals surface area contributed by atoms with Gasteiger partial charge in [-0.05, 0) is 97.2 Å². The molecule has 5 saturated carbocycles. The van der Waals surface area contributed by atoms with Crippen molar-refractivity contribution in [2.75, 3.05) is 0 Å². The second-order valence-electron chi connectivity index (χ2n) is 12.9. The van der Waals surface area contributed by atoms with Gasteiger partial charge in [0.15, 0.2) is 0 Å². The summed E-state index contributed by atoms with van der Waals surface area (Å²) in [6.45, 7) is 12.5. The van der Waals surface area contributed by atoms with E-state index in [0.29, 0.717) is 22.5 Å². The van der Waals surface area contributed by atoms with Gasteiger partial charge in [0, 0.05) is 11.8 Å². The van der Waals surface area contributed by atoms with Gasteiger partial charge >= 0.3 is 0 Å². The van der Waals surface area contributed by atoms with E-state index < -0.39 is 0 Å². The van der Waals surface area contributed by atoms with Gasteiger partial charge in [-0.15, -0.1) is 0 Å². The lowest BCUT2D eigenvalue weighted by atomic mass is 9.45. The van der Waals surface area contributed by atoms with Crippen molar-refractivity contribution in [1.29, 1.82) is 0 Å². The molecule has 5 fully saturated rings. The average Bonchev–Trinajstić information content (AvgIpc) is 3.15. The smallest absolute Gasteiger partial charge is 0.140 e. The van der Waals surface area contributed by atoms with Crippen LogP contribution in [0.25, 0.3) is 0 Å². The Hall–Kier alpha value is -0.330. The van der Waals surface area contributed by atoms with Crippen LogP contribution in [0.3, 0.4) is 0 Å². The molecule has 0 N–H and O–H groups in total. The molecule has 0 saturated heterocycles. The lowest BCUT2D eigenvalue weighted by Crippen LogP contribution is -2.55. The maximum atomic E-state index is 13.4. The molecule has 1 spiro atoms. The maximum absolute atomic E-state index is 13.4. The van der Waals surface area contributed by atoms with Gasteiger partial charge in [0.1, 0.15) is 5.78 Å². The summed E-state index contributed by atoms with van der Waals surface area (Å²) in [5.41, 5.74) is 1.03. The second kappa shape index (κ2) is 6.34. The van der Waals surface area contributed by atoms with Gasteiger partial charge < -0.3 is 0 Å². The van der Waals surface area contributed by atoms with Gasteiger partial charge in [-0.3, -0.25) is 4.79 Å². The summed E-state index contributed by atoms with van der Waals surface area (Å²) >= 11 is 0. The molecule has 28 heavy (non-hydrogen) atoms. The zero-order valence-corrected chi connectivity index (χ0v) is 19.2. The van der Waals surface area contributed by atoms with Gasteiger partial charge in [-0.25, -0.2) is 0 Å². The second-order valence-corrected chi connectivity index (χ2v) is 12.9. The molecule has 158 valence electrons. The largest absolute Gasteiger partial charge is 0.299 e. The van der Waals surface area contributed by atoms with Crippen molar-refractivity contribution in [2.24, 2.45) is 57.7 Å². The first-order valence-electron chi connectivity index (χ1n) is 12.8. The number of hydrogen-bond donors (Lipinski definition) is 0. The van der Waals surface area contributed by atoms with Crippen LogP contribution in [-0.4, -0.2) is 5.78 Å². The predicted molar refractivity (Wildman–Crippen MR) is 116 cm³/mol. The zero-order chi connectivity index (χ0) is 19.9. The SMILES string of the molecule is CC(C)CCC[C@H](C)[C@H]1CC[C@H]2[C@H]3CC(=O)[C@]45C[C@H]4CC[C@]5(C)[C@H]3CC[C@]12C. The number of carbonyl (C=O) groups is 1. The molecule has 1 nitrogen and oxygen atoms in total. The van der Waals surface area contributed by atoms with Crippen LogP contribution in [0.15, 0.2) is 0 Å². The van der Waals surface area contributed by atoms with Gasteiger partial charge in [0.05, 0.1) is 0 Å². The normalized spacial score (nSPS) is 52.8.